The quantitative estimate of drug-likeness (QED) is 0.880. The average Bonchev–Trinajstić information content (AvgIpc) is 2.62. The molecule has 1 aliphatic heterocycles. The molecule has 2 aromatic rings. The summed E-state index contributed by atoms with van der Waals surface area (Å²) in [7, 11) is 0. The van der Waals surface area contributed by atoms with Crippen LogP contribution in [-0.2, 0) is 4.74 Å². The summed E-state index contributed by atoms with van der Waals surface area (Å²) in [6, 6.07) is 16.5. The molecule has 2 aromatic carbocycles. The number of carbonyl (C=O) groups is 1. The number of Topliss-reactive ketones (excluding diaryl/α,β-unsaturated/α-hetero) is 1. The van der Waals surface area contributed by atoms with Crippen molar-refractivity contribution in [3.63, 3.8) is 0 Å². The predicted octanol–water partition coefficient (Wildman–Crippen LogP) is 2.41. The van der Waals surface area contributed by atoms with Gasteiger partial charge in [-0.05, 0) is 17.7 Å². The summed E-state index contributed by atoms with van der Waals surface area (Å²) >= 11 is 0. The van der Waals surface area contributed by atoms with Gasteiger partial charge in [0.05, 0.1) is 19.3 Å². The zero-order valence-corrected chi connectivity index (χ0v) is 12.4. The summed E-state index contributed by atoms with van der Waals surface area (Å²) in [6.45, 7) is 3.31. The average molecular weight is 296 g/mol. The highest BCUT2D eigenvalue weighted by molar-refractivity contribution is 6.00. The van der Waals surface area contributed by atoms with Crippen molar-refractivity contribution in [1.82, 2.24) is 0 Å². The van der Waals surface area contributed by atoms with Crippen molar-refractivity contribution in [1.29, 1.82) is 0 Å². The normalized spacial score (nSPS) is 16.3. The third-order valence-corrected chi connectivity index (χ3v) is 3.97. The number of rotatable bonds is 4. The van der Waals surface area contributed by atoms with Crippen LogP contribution in [0, 0.1) is 0 Å². The van der Waals surface area contributed by atoms with Crippen LogP contribution in [0.1, 0.15) is 22.0 Å². The minimum atomic E-state index is -0.624. The van der Waals surface area contributed by atoms with E-state index in [4.69, 9.17) is 10.5 Å². The minimum absolute atomic E-state index is 0.0558. The molecule has 0 bridgehead atoms. The predicted molar refractivity (Wildman–Crippen MR) is 87.2 cm³/mol. The van der Waals surface area contributed by atoms with Gasteiger partial charge in [0.1, 0.15) is 0 Å². The van der Waals surface area contributed by atoms with E-state index in [1.807, 2.05) is 42.5 Å². The van der Waals surface area contributed by atoms with E-state index >= 15 is 0 Å². The van der Waals surface area contributed by atoms with Gasteiger partial charge in [-0.25, -0.2) is 0 Å². The van der Waals surface area contributed by atoms with Gasteiger partial charge >= 0.3 is 0 Å². The topological polar surface area (TPSA) is 55.6 Å². The molecule has 1 unspecified atom stereocenters. The van der Waals surface area contributed by atoms with Gasteiger partial charge in [0.25, 0.3) is 0 Å². The number of hydrogen-bond acceptors (Lipinski definition) is 4. The van der Waals surface area contributed by atoms with Gasteiger partial charge in [-0.1, -0.05) is 42.5 Å². The number of nitrogens with two attached hydrogens (primary N) is 1. The van der Waals surface area contributed by atoms with E-state index in [1.54, 1.807) is 12.1 Å². The molecule has 4 nitrogen and oxygen atoms in total. The minimum Gasteiger partial charge on any atom is -0.378 e. The standard InChI is InChI=1S/C18H20N2O2/c19-17(18(21)15-4-2-1-3-5-15)14-6-8-16(9-7-14)20-10-12-22-13-11-20/h1-9,17H,10-13,19H2. The zero-order chi connectivity index (χ0) is 15.4. The number of ether oxygens (including phenoxy) is 1. The molecular formula is C18H20N2O2. The smallest absolute Gasteiger partial charge is 0.184 e. The maximum atomic E-state index is 12.4. The van der Waals surface area contributed by atoms with Gasteiger partial charge in [-0.3, -0.25) is 4.79 Å². The number of nitrogens with zero attached hydrogens (tertiary/aromatic N) is 1. The Morgan fingerprint density at radius 2 is 1.64 bits per heavy atom. The number of ketones is 1. The van der Waals surface area contributed by atoms with E-state index in [9.17, 15) is 4.79 Å². The van der Waals surface area contributed by atoms with Crippen molar-refractivity contribution < 1.29 is 9.53 Å². The summed E-state index contributed by atoms with van der Waals surface area (Å²) < 4.78 is 5.36. The zero-order valence-electron chi connectivity index (χ0n) is 12.4. The lowest BCUT2D eigenvalue weighted by atomic mass is 9.98. The highest BCUT2D eigenvalue weighted by Crippen LogP contribution is 2.21. The molecule has 22 heavy (non-hydrogen) atoms. The number of benzene rings is 2. The summed E-state index contributed by atoms with van der Waals surface area (Å²) in [5.41, 5.74) is 8.75. The van der Waals surface area contributed by atoms with Crippen LogP contribution in [0.25, 0.3) is 0 Å². The first-order chi connectivity index (χ1) is 10.8. The van der Waals surface area contributed by atoms with Gasteiger partial charge in [-0.15, -0.1) is 0 Å². The molecular weight excluding hydrogens is 276 g/mol. The van der Waals surface area contributed by atoms with E-state index in [1.165, 1.54) is 0 Å². The second kappa shape index (κ2) is 6.73. The number of carbonyl (C=O) groups excluding carboxylic acids is 1. The molecule has 0 saturated carbocycles. The number of hydrogen-bond donors (Lipinski definition) is 1. The third kappa shape index (κ3) is 3.18. The van der Waals surface area contributed by atoms with Crippen LogP contribution in [0.2, 0.25) is 0 Å². The lowest BCUT2D eigenvalue weighted by Gasteiger charge is -2.29. The molecule has 114 valence electrons. The maximum Gasteiger partial charge on any atom is 0.184 e. The number of morpholine rings is 1. The van der Waals surface area contributed by atoms with Crippen molar-refractivity contribution >= 4 is 11.5 Å². The lowest BCUT2D eigenvalue weighted by molar-refractivity contribution is 0.0961. The highest BCUT2D eigenvalue weighted by atomic mass is 16.5. The van der Waals surface area contributed by atoms with Crippen LogP contribution in [0.15, 0.2) is 54.6 Å². The van der Waals surface area contributed by atoms with Crippen LogP contribution >= 0.6 is 0 Å². The summed E-state index contributed by atoms with van der Waals surface area (Å²) in [4.78, 5) is 14.7. The van der Waals surface area contributed by atoms with Crippen LogP contribution in [0.5, 0.6) is 0 Å². The fraction of sp³-hybridized carbons (Fsp3) is 0.278. The molecule has 3 rings (SSSR count). The first kappa shape index (κ1) is 14.8. The second-order valence-corrected chi connectivity index (χ2v) is 5.40. The Hall–Kier alpha value is -2.17. The molecule has 0 spiro atoms. The van der Waals surface area contributed by atoms with Gasteiger partial charge < -0.3 is 15.4 Å². The van der Waals surface area contributed by atoms with Gasteiger partial charge in [0.2, 0.25) is 0 Å². The van der Waals surface area contributed by atoms with Crippen LogP contribution in [0.3, 0.4) is 0 Å². The number of anilines is 1. The fourth-order valence-corrected chi connectivity index (χ4v) is 2.65. The monoisotopic (exact) mass is 296 g/mol. The van der Waals surface area contributed by atoms with E-state index in [0.717, 1.165) is 37.6 Å². The Balaban J connectivity index is 1.73. The first-order valence-electron chi connectivity index (χ1n) is 7.53. The van der Waals surface area contributed by atoms with Gasteiger partial charge in [0.15, 0.2) is 5.78 Å². The molecule has 0 aromatic heterocycles. The molecule has 0 amide bonds. The summed E-state index contributed by atoms with van der Waals surface area (Å²) in [5.74, 6) is -0.0558. The van der Waals surface area contributed by atoms with E-state index < -0.39 is 6.04 Å². The van der Waals surface area contributed by atoms with Gasteiger partial charge in [-0.2, -0.15) is 0 Å². The molecule has 0 radical (unpaired) electrons. The lowest BCUT2D eigenvalue weighted by Crippen LogP contribution is -2.36. The molecule has 2 N–H and O–H groups in total. The van der Waals surface area contributed by atoms with Gasteiger partial charge in [0, 0.05) is 24.3 Å². The van der Waals surface area contributed by atoms with Crippen molar-refractivity contribution in [2.75, 3.05) is 31.2 Å². The summed E-state index contributed by atoms with van der Waals surface area (Å²) in [6.07, 6.45) is 0. The Labute approximate surface area is 130 Å². The van der Waals surface area contributed by atoms with Crippen molar-refractivity contribution in [2.24, 2.45) is 5.73 Å². The fourth-order valence-electron chi connectivity index (χ4n) is 2.65. The van der Waals surface area contributed by atoms with E-state index in [0.29, 0.717) is 5.56 Å². The van der Waals surface area contributed by atoms with Crippen molar-refractivity contribution in [3.8, 4) is 0 Å². The summed E-state index contributed by atoms with van der Waals surface area (Å²) in [5, 5.41) is 0. The molecule has 4 heteroatoms. The Bertz CT molecular complexity index is 619. The van der Waals surface area contributed by atoms with E-state index in [-0.39, 0.29) is 5.78 Å². The maximum absolute atomic E-state index is 12.4. The van der Waals surface area contributed by atoms with E-state index in [2.05, 4.69) is 4.90 Å². The Morgan fingerprint density at radius 1 is 1.00 bits per heavy atom. The SMILES string of the molecule is NC(C(=O)c1ccccc1)c1ccc(N2CCOCC2)cc1. The third-order valence-electron chi connectivity index (χ3n) is 3.97. The van der Waals surface area contributed by atoms with Crippen LogP contribution < -0.4 is 10.6 Å². The largest absolute Gasteiger partial charge is 0.378 e. The Kier molecular flexibility index (Phi) is 4.51. The Morgan fingerprint density at radius 3 is 2.27 bits per heavy atom. The van der Waals surface area contributed by atoms with Crippen LogP contribution in [-0.4, -0.2) is 32.1 Å². The first-order valence-corrected chi connectivity index (χ1v) is 7.53. The molecule has 1 atom stereocenters. The van der Waals surface area contributed by atoms with Crippen molar-refractivity contribution in [3.05, 3.63) is 65.7 Å². The van der Waals surface area contributed by atoms with Crippen LogP contribution in [0.4, 0.5) is 5.69 Å². The molecule has 1 fully saturated rings. The van der Waals surface area contributed by atoms with Crippen molar-refractivity contribution in [2.45, 2.75) is 6.04 Å². The second-order valence-electron chi connectivity index (χ2n) is 5.40. The molecule has 1 saturated heterocycles. The molecule has 1 heterocycles. The molecule has 1 aliphatic rings. The molecule has 0 aliphatic carbocycles. The highest BCUT2D eigenvalue weighted by Gasteiger charge is 2.18.